The predicted octanol–water partition coefficient (Wildman–Crippen LogP) is 3.97. The average molecular weight is 489 g/mol. The van der Waals surface area contributed by atoms with Crippen molar-refractivity contribution in [3.8, 4) is 5.75 Å². The van der Waals surface area contributed by atoms with Crippen LogP contribution in [0.15, 0.2) is 41.5 Å². The van der Waals surface area contributed by atoms with Crippen molar-refractivity contribution in [1.29, 1.82) is 0 Å². The third-order valence-corrected chi connectivity index (χ3v) is 3.90. The Morgan fingerprint density at radius 2 is 2.04 bits per heavy atom. The molecule has 1 aromatic carbocycles. The van der Waals surface area contributed by atoms with Crippen LogP contribution in [-0.2, 0) is 13.0 Å². The molecule has 2 N–H and O–H groups in total. The van der Waals surface area contributed by atoms with E-state index in [4.69, 9.17) is 16.3 Å². The highest BCUT2D eigenvalue weighted by molar-refractivity contribution is 14.0. The molecule has 0 aliphatic carbocycles. The summed E-state index contributed by atoms with van der Waals surface area (Å²) in [7, 11) is 1.70. The third kappa shape index (κ3) is 7.37. The van der Waals surface area contributed by atoms with Crippen molar-refractivity contribution in [2.24, 2.45) is 4.99 Å². The van der Waals surface area contributed by atoms with Gasteiger partial charge in [0.05, 0.1) is 13.7 Å². The minimum atomic E-state index is 0. The Labute approximate surface area is 177 Å². The number of hydrogen-bond acceptors (Lipinski definition) is 3. The van der Waals surface area contributed by atoms with Gasteiger partial charge in [0.2, 0.25) is 0 Å². The van der Waals surface area contributed by atoms with Crippen LogP contribution in [-0.4, -0.2) is 31.1 Å². The fraction of sp³-hybridized carbons (Fsp3) is 0.368. The number of methoxy groups -OCH3 is 1. The number of halogens is 2. The number of pyridine rings is 1. The van der Waals surface area contributed by atoms with Gasteiger partial charge in [-0.1, -0.05) is 35.4 Å². The molecule has 7 heteroatoms. The van der Waals surface area contributed by atoms with Crippen LogP contribution in [0.4, 0.5) is 0 Å². The number of rotatable bonds is 7. The van der Waals surface area contributed by atoms with E-state index in [1.165, 1.54) is 11.1 Å². The van der Waals surface area contributed by atoms with Crippen LogP contribution in [0.3, 0.4) is 0 Å². The lowest BCUT2D eigenvalue weighted by molar-refractivity contribution is 0.409. The van der Waals surface area contributed by atoms with E-state index in [9.17, 15) is 0 Å². The molecular weight excluding hydrogens is 463 g/mol. The van der Waals surface area contributed by atoms with Crippen molar-refractivity contribution in [1.82, 2.24) is 15.6 Å². The first kappa shape index (κ1) is 22.5. The van der Waals surface area contributed by atoms with Gasteiger partial charge in [0.25, 0.3) is 0 Å². The van der Waals surface area contributed by atoms with Crippen molar-refractivity contribution >= 4 is 41.5 Å². The Kier molecular flexibility index (Phi) is 10.3. The topological polar surface area (TPSA) is 58.5 Å². The molecule has 2 aromatic rings. The summed E-state index contributed by atoms with van der Waals surface area (Å²) in [6.07, 6.45) is 2.60. The van der Waals surface area contributed by atoms with Gasteiger partial charge in [-0.3, -0.25) is 0 Å². The van der Waals surface area contributed by atoms with Crippen LogP contribution in [0, 0.1) is 6.92 Å². The van der Waals surface area contributed by atoms with Crippen molar-refractivity contribution in [3.63, 3.8) is 0 Å². The summed E-state index contributed by atoms with van der Waals surface area (Å²) in [5.74, 6) is 1.70. The van der Waals surface area contributed by atoms with Crippen LogP contribution in [0.1, 0.15) is 23.6 Å². The molecular formula is C19H26ClIN4O. The van der Waals surface area contributed by atoms with Crippen LogP contribution in [0.25, 0.3) is 0 Å². The fourth-order valence-corrected chi connectivity index (χ4v) is 2.54. The number of aromatic nitrogens is 1. The first-order valence-electron chi connectivity index (χ1n) is 8.38. The van der Waals surface area contributed by atoms with Gasteiger partial charge in [-0.2, -0.15) is 0 Å². The van der Waals surface area contributed by atoms with Gasteiger partial charge in [-0.25, -0.2) is 9.98 Å². The first-order chi connectivity index (χ1) is 12.1. The van der Waals surface area contributed by atoms with Crippen LogP contribution >= 0.6 is 35.6 Å². The maximum atomic E-state index is 5.80. The Hall–Kier alpha value is -1.54. The van der Waals surface area contributed by atoms with E-state index in [0.29, 0.717) is 11.7 Å². The number of benzene rings is 1. The molecule has 1 heterocycles. The molecule has 0 atom stereocenters. The summed E-state index contributed by atoms with van der Waals surface area (Å²) in [4.78, 5) is 8.66. The molecule has 0 aliphatic rings. The van der Waals surface area contributed by atoms with Crippen LogP contribution < -0.4 is 15.4 Å². The highest BCUT2D eigenvalue weighted by Crippen LogP contribution is 2.19. The number of hydrogen-bond donors (Lipinski definition) is 2. The summed E-state index contributed by atoms with van der Waals surface area (Å²) in [5.41, 5.74) is 3.43. The summed E-state index contributed by atoms with van der Waals surface area (Å²) in [5, 5.41) is 7.10. The normalized spacial score (nSPS) is 10.8. The molecule has 142 valence electrons. The SMILES string of the molecule is CCNC(=NCc1ccc(Cl)nc1)NCCc1cc(C)ccc1OC.I. The average Bonchev–Trinajstić information content (AvgIpc) is 2.61. The molecule has 1 aromatic heterocycles. The number of nitrogens with zero attached hydrogens (tertiary/aromatic N) is 2. The third-order valence-electron chi connectivity index (χ3n) is 3.68. The number of guanidine groups is 1. The quantitative estimate of drug-likeness (QED) is 0.268. The minimum Gasteiger partial charge on any atom is -0.496 e. The largest absolute Gasteiger partial charge is 0.496 e. The molecule has 0 spiro atoms. The number of nitrogens with one attached hydrogen (secondary N) is 2. The second-order valence-corrected chi connectivity index (χ2v) is 6.06. The molecule has 0 aliphatic heterocycles. The zero-order chi connectivity index (χ0) is 18.1. The summed E-state index contributed by atoms with van der Waals surface area (Å²) in [6, 6.07) is 9.93. The first-order valence-corrected chi connectivity index (χ1v) is 8.76. The molecule has 0 unspecified atom stereocenters. The number of aryl methyl sites for hydroxylation is 1. The van der Waals surface area contributed by atoms with E-state index >= 15 is 0 Å². The van der Waals surface area contributed by atoms with E-state index in [0.717, 1.165) is 36.8 Å². The van der Waals surface area contributed by atoms with Gasteiger partial charge in [-0.15, -0.1) is 24.0 Å². The van der Waals surface area contributed by atoms with Gasteiger partial charge in [-0.05, 0) is 43.5 Å². The Balaban J connectivity index is 0.00000338. The lowest BCUT2D eigenvalue weighted by Crippen LogP contribution is -2.38. The molecule has 2 rings (SSSR count). The zero-order valence-corrected chi connectivity index (χ0v) is 18.5. The van der Waals surface area contributed by atoms with Gasteiger partial charge in [0.1, 0.15) is 10.9 Å². The molecule has 0 amide bonds. The van der Waals surface area contributed by atoms with Gasteiger partial charge in [0, 0.05) is 19.3 Å². The highest BCUT2D eigenvalue weighted by Gasteiger charge is 2.04. The van der Waals surface area contributed by atoms with E-state index < -0.39 is 0 Å². The lowest BCUT2D eigenvalue weighted by atomic mass is 10.1. The Bertz CT molecular complexity index is 707. The Morgan fingerprint density at radius 3 is 2.69 bits per heavy atom. The van der Waals surface area contributed by atoms with E-state index in [-0.39, 0.29) is 24.0 Å². The molecule has 0 fully saturated rings. The van der Waals surface area contributed by atoms with E-state index in [2.05, 4.69) is 39.7 Å². The summed E-state index contributed by atoms with van der Waals surface area (Å²) < 4.78 is 5.43. The van der Waals surface area contributed by atoms with Crippen molar-refractivity contribution in [2.75, 3.05) is 20.2 Å². The van der Waals surface area contributed by atoms with E-state index in [1.807, 2.05) is 19.1 Å². The fourth-order valence-electron chi connectivity index (χ4n) is 2.43. The second-order valence-electron chi connectivity index (χ2n) is 5.68. The number of ether oxygens (including phenoxy) is 1. The lowest BCUT2D eigenvalue weighted by Gasteiger charge is -2.13. The monoisotopic (exact) mass is 488 g/mol. The van der Waals surface area contributed by atoms with Gasteiger partial charge in [0.15, 0.2) is 5.96 Å². The predicted molar refractivity (Wildman–Crippen MR) is 119 cm³/mol. The van der Waals surface area contributed by atoms with E-state index in [1.54, 1.807) is 19.4 Å². The molecule has 0 radical (unpaired) electrons. The molecule has 0 bridgehead atoms. The maximum Gasteiger partial charge on any atom is 0.191 e. The molecule has 0 saturated carbocycles. The molecule has 5 nitrogen and oxygen atoms in total. The maximum absolute atomic E-state index is 5.80. The van der Waals surface area contributed by atoms with Crippen LogP contribution in [0.5, 0.6) is 5.75 Å². The summed E-state index contributed by atoms with van der Waals surface area (Å²) in [6.45, 7) is 6.25. The van der Waals surface area contributed by atoms with Gasteiger partial charge >= 0.3 is 0 Å². The summed E-state index contributed by atoms with van der Waals surface area (Å²) >= 11 is 5.80. The van der Waals surface area contributed by atoms with Crippen molar-refractivity contribution < 1.29 is 4.74 Å². The van der Waals surface area contributed by atoms with Gasteiger partial charge < -0.3 is 15.4 Å². The van der Waals surface area contributed by atoms with Crippen molar-refractivity contribution in [2.45, 2.75) is 26.8 Å². The van der Waals surface area contributed by atoms with Crippen LogP contribution in [0.2, 0.25) is 5.15 Å². The molecule has 0 saturated heterocycles. The Morgan fingerprint density at radius 1 is 1.23 bits per heavy atom. The smallest absolute Gasteiger partial charge is 0.191 e. The second kappa shape index (κ2) is 12.0. The highest BCUT2D eigenvalue weighted by atomic mass is 127. The minimum absolute atomic E-state index is 0. The van der Waals surface area contributed by atoms with Crippen molar-refractivity contribution in [3.05, 3.63) is 58.4 Å². The standard InChI is InChI=1S/C19H25ClN4O.HI/c1-4-21-19(24-13-15-6-8-18(20)23-12-15)22-10-9-16-11-14(2)5-7-17(16)25-3;/h5-8,11-12H,4,9-10,13H2,1-3H3,(H2,21,22,24);1H. The zero-order valence-electron chi connectivity index (χ0n) is 15.4. The number of aliphatic imine (C=N–C) groups is 1. The molecule has 26 heavy (non-hydrogen) atoms.